The molecule has 0 aliphatic heterocycles. The molecule has 24 heavy (non-hydrogen) atoms. The molecule has 0 radical (unpaired) electrons. The van der Waals surface area contributed by atoms with Gasteiger partial charge in [-0.3, -0.25) is 0 Å². The van der Waals surface area contributed by atoms with Gasteiger partial charge in [-0.25, -0.2) is 4.79 Å². The molecule has 0 aromatic heterocycles. The van der Waals surface area contributed by atoms with E-state index in [-0.39, 0.29) is 5.92 Å². The molecule has 0 aliphatic rings. The van der Waals surface area contributed by atoms with Crippen molar-refractivity contribution in [1.29, 1.82) is 0 Å². The summed E-state index contributed by atoms with van der Waals surface area (Å²) in [5.74, 6) is 0.0222. The van der Waals surface area contributed by atoms with Gasteiger partial charge in [-0.2, -0.15) is 0 Å². The van der Waals surface area contributed by atoms with Gasteiger partial charge in [0.1, 0.15) is 5.60 Å². The number of hydrogen-bond donors (Lipinski definition) is 2. The summed E-state index contributed by atoms with van der Waals surface area (Å²) in [6.45, 7) is 6.42. The molecule has 3 N–H and O–H groups in total. The highest BCUT2D eigenvalue weighted by Gasteiger charge is 2.19. The van der Waals surface area contributed by atoms with Crippen LogP contribution in [0, 0.1) is 0 Å². The molecular formula is C20H26N2O2. The Kier molecular flexibility index (Phi) is 5.99. The normalized spacial score (nSPS) is 12.5. The van der Waals surface area contributed by atoms with Gasteiger partial charge in [0.2, 0.25) is 0 Å². The number of ether oxygens (including phenoxy) is 1. The summed E-state index contributed by atoms with van der Waals surface area (Å²) < 4.78 is 5.29. The highest BCUT2D eigenvalue weighted by Crippen LogP contribution is 2.28. The number of amides is 1. The van der Waals surface area contributed by atoms with Crippen molar-refractivity contribution in [3.8, 4) is 11.1 Å². The van der Waals surface area contributed by atoms with E-state index in [9.17, 15) is 4.79 Å². The van der Waals surface area contributed by atoms with Crippen LogP contribution in [0.5, 0.6) is 0 Å². The lowest BCUT2D eigenvalue weighted by molar-refractivity contribution is 0.0525. The predicted molar refractivity (Wildman–Crippen MR) is 97.9 cm³/mol. The molecule has 4 nitrogen and oxygen atoms in total. The molecule has 2 aromatic rings. The van der Waals surface area contributed by atoms with Gasteiger partial charge in [-0.1, -0.05) is 54.6 Å². The molecule has 0 spiro atoms. The van der Waals surface area contributed by atoms with Gasteiger partial charge in [-0.15, -0.1) is 0 Å². The zero-order chi connectivity index (χ0) is 17.6. The third kappa shape index (κ3) is 5.10. The first-order valence-electron chi connectivity index (χ1n) is 8.22. The van der Waals surface area contributed by atoms with E-state index in [2.05, 4.69) is 29.6 Å². The van der Waals surface area contributed by atoms with E-state index >= 15 is 0 Å². The van der Waals surface area contributed by atoms with E-state index in [0.29, 0.717) is 13.1 Å². The summed E-state index contributed by atoms with van der Waals surface area (Å²) in [6.07, 6.45) is -0.418. The van der Waals surface area contributed by atoms with Crippen molar-refractivity contribution in [2.75, 3.05) is 13.1 Å². The van der Waals surface area contributed by atoms with Crippen molar-refractivity contribution < 1.29 is 9.53 Å². The van der Waals surface area contributed by atoms with E-state index in [4.69, 9.17) is 10.5 Å². The van der Waals surface area contributed by atoms with Gasteiger partial charge in [0.25, 0.3) is 0 Å². The van der Waals surface area contributed by atoms with Gasteiger partial charge >= 0.3 is 6.09 Å². The maximum atomic E-state index is 11.9. The lowest BCUT2D eigenvalue weighted by Crippen LogP contribution is -2.36. The molecule has 1 amide bonds. The van der Waals surface area contributed by atoms with E-state index < -0.39 is 11.7 Å². The average molecular weight is 326 g/mol. The third-order valence-corrected chi connectivity index (χ3v) is 3.66. The summed E-state index contributed by atoms with van der Waals surface area (Å²) in [5.41, 5.74) is 8.87. The van der Waals surface area contributed by atoms with Crippen LogP contribution in [0.4, 0.5) is 4.79 Å². The fourth-order valence-electron chi connectivity index (χ4n) is 2.57. The second-order valence-electron chi connectivity index (χ2n) is 6.77. The molecule has 1 atom stereocenters. The number of carbonyl (C=O) groups excluding carboxylic acids is 1. The highest BCUT2D eigenvalue weighted by atomic mass is 16.6. The van der Waals surface area contributed by atoms with Crippen LogP contribution in [-0.4, -0.2) is 24.8 Å². The van der Waals surface area contributed by atoms with Crippen LogP contribution in [0.2, 0.25) is 0 Å². The number of rotatable bonds is 5. The van der Waals surface area contributed by atoms with Crippen molar-refractivity contribution in [1.82, 2.24) is 5.32 Å². The van der Waals surface area contributed by atoms with Crippen molar-refractivity contribution in [2.45, 2.75) is 32.3 Å². The summed E-state index contributed by atoms with van der Waals surface area (Å²) in [4.78, 5) is 11.9. The second-order valence-corrected chi connectivity index (χ2v) is 6.77. The molecule has 0 fully saturated rings. The molecule has 2 rings (SSSR count). The van der Waals surface area contributed by atoms with Crippen molar-refractivity contribution in [3.05, 3.63) is 60.2 Å². The van der Waals surface area contributed by atoms with Crippen molar-refractivity contribution >= 4 is 6.09 Å². The van der Waals surface area contributed by atoms with Gasteiger partial charge in [-0.05, 0) is 37.5 Å². The lowest BCUT2D eigenvalue weighted by Gasteiger charge is -2.23. The Labute approximate surface area is 144 Å². The van der Waals surface area contributed by atoms with E-state index in [1.807, 2.05) is 51.1 Å². The molecule has 4 heteroatoms. The molecule has 0 heterocycles. The van der Waals surface area contributed by atoms with E-state index in [1.54, 1.807) is 0 Å². The summed E-state index contributed by atoms with van der Waals surface area (Å²) >= 11 is 0. The summed E-state index contributed by atoms with van der Waals surface area (Å²) in [6, 6.07) is 18.3. The smallest absolute Gasteiger partial charge is 0.407 e. The second kappa shape index (κ2) is 7.97. The maximum absolute atomic E-state index is 11.9. The van der Waals surface area contributed by atoms with Crippen LogP contribution in [-0.2, 0) is 4.74 Å². The zero-order valence-corrected chi connectivity index (χ0v) is 14.6. The minimum atomic E-state index is -0.510. The molecule has 128 valence electrons. The Morgan fingerprint density at radius 2 is 1.71 bits per heavy atom. The Morgan fingerprint density at radius 3 is 2.33 bits per heavy atom. The van der Waals surface area contributed by atoms with Crippen LogP contribution in [0.1, 0.15) is 32.3 Å². The molecule has 0 saturated carbocycles. The van der Waals surface area contributed by atoms with E-state index in [0.717, 1.165) is 16.7 Å². The summed E-state index contributed by atoms with van der Waals surface area (Å²) in [7, 11) is 0. The van der Waals surface area contributed by atoms with Crippen molar-refractivity contribution in [2.24, 2.45) is 5.73 Å². The van der Waals surface area contributed by atoms with Crippen LogP contribution < -0.4 is 11.1 Å². The Hall–Kier alpha value is -2.33. The fraction of sp³-hybridized carbons (Fsp3) is 0.350. The monoisotopic (exact) mass is 326 g/mol. The minimum absolute atomic E-state index is 0.0222. The first kappa shape index (κ1) is 18.0. The first-order valence-corrected chi connectivity index (χ1v) is 8.22. The number of nitrogens with two attached hydrogens (primary N) is 1. The molecule has 2 aromatic carbocycles. The maximum Gasteiger partial charge on any atom is 0.407 e. The van der Waals surface area contributed by atoms with Crippen molar-refractivity contribution in [3.63, 3.8) is 0 Å². The van der Waals surface area contributed by atoms with Gasteiger partial charge in [0.15, 0.2) is 0 Å². The molecule has 0 aliphatic carbocycles. The first-order chi connectivity index (χ1) is 11.4. The van der Waals surface area contributed by atoms with Gasteiger partial charge in [0, 0.05) is 19.0 Å². The fourth-order valence-corrected chi connectivity index (χ4v) is 2.57. The van der Waals surface area contributed by atoms with Gasteiger partial charge < -0.3 is 15.8 Å². The number of hydrogen-bond acceptors (Lipinski definition) is 3. The number of alkyl carbamates (subject to hydrolysis) is 1. The zero-order valence-electron chi connectivity index (χ0n) is 14.6. The largest absolute Gasteiger partial charge is 0.444 e. The summed E-state index contributed by atoms with van der Waals surface area (Å²) in [5, 5.41) is 2.83. The minimum Gasteiger partial charge on any atom is -0.444 e. The van der Waals surface area contributed by atoms with Crippen LogP contribution >= 0.6 is 0 Å². The standard InChI is InChI=1S/C20H26N2O2/c1-20(2,3)24-19(23)22-14-16(13-21)18-12-8-7-11-17(18)15-9-5-4-6-10-15/h4-12,16H,13-14,21H2,1-3H3,(H,22,23). The highest BCUT2D eigenvalue weighted by molar-refractivity contribution is 5.69. The van der Waals surface area contributed by atoms with Crippen LogP contribution in [0.25, 0.3) is 11.1 Å². The Morgan fingerprint density at radius 1 is 1.08 bits per heavy atom. The van der Waals surface area contributed by atoms with E-state index in [1.165, 1.54) is 0 Å². The Balaban J connectivity index is 2.15. The quantitative estimate of drug-likeness (QED) is 0.875. The Bertz CT molecular complexity index is 663. The molecule has 0 saturated heterocycles. The topological polar surface area (TPSA) is 64.3 Å². The SMILES string of the molecule is CC(C)(C)OC(=O)NCC(CN)c1ccccc1-c1ccccc1. The number of carbonyl (C=O) groups is 1. The number of benzene rings is 2. The van der Waals surface area contributed by atoms with Crippen LogP contribution in [0.3, 0.4) is 0 Å². The van der Waals surface area contributed by atoms with Gasteiger partial charge in [0.05, 0.1) is 0 Å². The van der Waals surface area contributed by atoms with Crippen LogP contribution in [0.15, 0.2) is 54.6 Å². The number of nitrogens with one attached hydrogen (secondary N) is 1. The molecular weight excluding hydrogens is 300 g/mol. The molecule has 0 bridgehead atoms. The lowest BCUT2D eigenvalue weighted by atomic mass is 9.90. The average Bonchev–Trinajstić information content (AvgIpc) is 2.55. The molecule has 1 unspecified atom stereocenters. The predicted octanol–water partition coefficient (Wildman–Crippen LogP) is 3.92. The third-order valence-electron chi connectivity index (χ3n) is 3.66.